The van der Waals surface area contributed by atoms with E-state index in [4.69, 9.17) is 11.6 Å². The van der Waals surface area contributed by atoms with Gasteiger partial charge in [-0.25, -0.2) is 0 Å². The second-order valence-electron chi connectivity index (χ2n) is 3.13. The first-order valence-electron chi connectivity index (χ1n) is 4.67. The Hall–Kier alpha value is -0.400. The highest BCUT2D eigenvalue weighted by molar-refractivity contribution is 7.98. The smallest absolute Gasteiger partial charge is 0.0404 e. The van der Waals surface area contributed by atoms with Crippen molar-refractivity contribution in [1.29, 1.82) is 0 Å². The van der Waals surface area contributed by atoms with E-state index in [1.807, 2.05) is 17.8 Å². The average molecular weight is 227 g/mol. The molecule has 0 aliphatic heterocycles. The van der Waals surface area contributed by atoms with E-state index in [-0.39, 0.29) is 0 Å². The van der Waals surface area contributed by atoms with E-state index in [9.17, 15) is 0 Å². The van der Waals surface area contributed by atoms with Crippen molar-refractivity contribution in [3.05, 3.63) is 47.5 Å². The maximum absolute atomic E-state index is 5.52. The van der Waals surface area contributed by atoms with Crippen LogP contribution in [0.15, 0.2) is 36.4 Å². The highest BCUT2D eigenvalue weighted by Crippen LogP contribution is 2.13. The van der Waals surface area contributed by atoms with Crippen molar-refractivity contribution in [2.75, 3.05) is 11.6 Å². The summed E-state index contributed by atoms with van der Waals surface area (Å²) in [5, 5.41) is 0. The van der Waals surface area contributed by atoms with Gasteiger partial charge in [-0.1, -0.05) is 42.0 Å². The molecule has 0 amide bonds. The lowest BCUT2D eigenvalue weighted by Gasteiger charge is -2.00. The molecule has 0 aliphatic carbocycles. The highest BCUT2D eigenvalue weighted by atomic mass is 35.5. The van der Waals surface area contributed by atoms with E-state index < -0.39 is 0 Å². The van der Waals surface area contributed by atoms with Crippen molar-refractivity contribution in [2.24, 2.45) is 0 Å². The van der Waals surface area contributed by atoms with Crippen LogP contribution in [0.2, 0.25) is 0 Å². The molecule has 1 rings (SSSR count). The molecule has 0 atom stereocenters. The van der Waals surface area contributed by atoms with E-state index in [0.29, 0.717) is 5.88 Å². The summed E-state index contributed by atoms with van der Waals surface area (Å²) in [7, 11) is 0. The van der Waals surface area contributed by atoms with Crippen LogP contribution in [0.1, 0.15) is 11.1 Å². The Kier molecular flexibility index (Phi) is 5.81. The lowest BCUT2D eigenvalue weighted by molar-refractivity contribution is 1.35. The SMILES string of the molecule is Cc1cccc(CSCC=CCCl)c1. The minimum Gasteiger partial charge on any atom is -0.153 e. The molecule has 2 heteroatoms. The third kappa shape index (κ3) is 4.73. The summed E-state index contributed by atoms with van der Waals surface area (Å²) >= 11 is 7.43. The molecule has 0 bridgehead atoms. The molecule has 0 saturated heterocycles. The monoisotopic (exact) mass is 226 g/mol. The van der Waals surface area contributed by atoms with Gasteiger partial charge < -0.3 is 0 Å². The van der Waals surface area contributed by atoms with Gasteiger partial charge in [-0.2, -0.15) is 11.8 Å². The first-order chi connectivity index (χ1) is 6.83. The summed E-state index contributed by atoms with van der Waals surface area (Å²) in [5.41, 5.74) is 2.73. The normalized spacial score (nSPS) is 11.0. The Bertz CT molecular complexity index is 294. The molecule has 14 heavy (non-hydrogen) atoms. The molecule has 1 aromatic rings. The second kappa shape index (κ2) is 6.97. The summed E-state index contributed by atoms with van der Waals surface area (Å²) in [4.78, 5) is 0. The predicted octanol–water partition coefficient (Wildman–Crippen LogP) is 4.02. The summed E-state index contributed by atoms with van der Waals surface area (Å²) in [6, 6.07) is 8.64. The van der Waals surface area contributed by atoms with Crippen LogP contribution in [-0.2, 0) is 5.75 Å². The number of benzene rings is 1. The van der Waals surface area contributed by atoms with Gasteiger partial charge >= 0.3 is 0 Å². The number of alkyl halides is 1. The van der Waals surface area contributed by atoms with Crippen LogP contribution >= 0.6 is 23.4 Å². The maximum Gasteiger partial charge on any atom is 0.0404 e. The fourth-order valence-electron chi connectivity index (χ4n) is 1.18. The van der Waals surface area contributed by atoms with Crippen molar-refractivity contribution in [3.8, 4) is 0 Å². The van der Waals surface area contributed by atoms with Gasteiger partial charge in [0.1, 0.15) is 0 Å². The third-order valence-corrected chi connectivity index (χ3v) is 2.96. The lowest BCUT2D eigenvalue weighted by atomic mass is 10.2. The number of halogens is 1. The standard InChI is InChI=1S/C12H15ClS/c1-11-5-4-6-12(9-11)10-14-8-3-2-7-13/h2-6,9H,7-8,10H2,1H3. The van der Waals surface area contributed by atoms with Gasteiger partial charge in [-0.15, -0.1) is 11.6 Å². The van der Waals surface area contributed by atoms with E-state index >= 15 is 0 Å². The fourth-order valence-corrected chi connectivity index (χ4v) is 2.11. The molecule has 0 aromatic heterocycles. The van der Waals surface area contributed by atoms with Crippen LogP contribution in [0.4, 0.5) is 0 Å². The topological polar surface area (TPSA) is 0 Å². The zero-order valence-electron chi connectivity index (χ0n) is 8.37. The number of hydrogen-bond donors (Lipinski definition) is 0. The Morgan fingerprint density at radius 3 is 2.93 bits per heavy atom. The highest BCUT2D eigenvalue weighted by Gasteiger charge is 1.92. The molecule has 1 aromatic carbocycles. The van der Waals surface area contributed by atoms with Crippen molar-refractivity contribution in [2.45, 2.75) is 12.7 Å². The largest absolute Gasteiger partial charge is 0.153 e. The van der Waals surface area contributed by atoms with Gasteiger partial charge in [0.05, 0.1) is 0 Å². The van der Waals surface area contributed by atoms with Crippen LogP contribution < -0.4 is 0 Å². The van der Waals surface area contributed by atoms with Gasteiger partial charge in [0, 0.05) is 17.4 Å². The number of rotatable bonds is 5. The average Bonchev–Trinajstić information content (AvgIpc) is 2.18. The lowest BCUT2D eigenvalue weighted by Crippen LogP contribution is -1.82. The Labute approximate surface area is 95.4 Å². The Morgan fingerprint density at radius 1 is 1.36 bits per heavy atom. The minimum atomic E-state index is 0.616. The second-order valence-corrected chi connectivity index (χ2v) is 4.47. The van der Waals surface area contributed by atoms with Crippen LogP contribution in [0.3, 0.4) is 0 Å². The van der Waals surface area contributed by atoms with Crippen LogP contribution in [0.5, 0.6) is 0 Å². The van der Waals surface area contributed by atoms with E-state index in [1.54, 1.807) is 0 Å². The predicted molar refractivity (Wildman–Crippen MR) is 67.2 cm³/mol. The molecule has 0 nitrogen and oxygen atoms in total. The molecule has 0 fully saturated rings. The quantitative estimate of drug-likeness (QED) is 0.415. The Balaban J connectivity index is 2.28. The minimum absolute atomic E-state index is 0.616. The van der Waals surface area contributed by atoms with Gasteiger partial charge in [-0.05, 0) is 12.5 Å². The molecule has 0 aliphatic rings. The molecule has 0 heterocycles. The molecule has 0 radical (unpaired) electrons. The fraction of sp³-hybridized carbons (Fsp3) is 0.333. The third-order valence-electron chi connectivity index (χ3n) is 1.82. The first-order valence-corrected chi connectivity index (χ1v) is 6.36. The number of allylic oxidation sites excluding steroid dienone is 1. The van der Waals surface area contributed by atoms with Gasteiger partial charge in [0.25, 0.3) is 0 Å². The van der Waals surface area contributed by atoms with Crippen molar-refractivity contribution in [3.63, 3.8) is 0 Å². The zero-order chi connectivity index (χ0) is 10.2. The molecule has 0 unspecified atom stereocenters. The van der Waals surface area contributed by atoms with Crippen molar-refractivity contribution < 1.29 is 0 Å². The van der Waals surface area contributed by atoms with Crippen molar-refractivity contribution in [1.82, 2.24) is 0 Å². The summed E-state index contributed by atoms with van der Waals surface area (Å²) < 4.78 is 0. The molecule has 76 valence electrons. The van der Waals surface area contributed by atoms with E-state index in [1.165, 1.54) is 11.1 Å². The zero-order valence-corrected chi connectivity index (χ0v) is 9.94. The maximum atomic E-state index is 5.52. The van der Waals surface area contributed by atoms with Gasteiger partial charge in [0.2, 0.25) is 0 Å². The molecule has 0 N–H and O–H groups in total. The summed E-state index contributed by atoms with van der Waals surface area (Å²) in [6.45, 7) is 2.13. The van der Waals surface area contributed by atoms with Gasteiger partial charge in [-0.3, -0.25) is 0 Å². The Morgan fingerprint density at radius 2 is 2.21 bits per heavy atom. The molecule has 0 saturated carbocycles. The number of hydrogen-bond acceptors (Lipinski definition) is 1. The van der Waals surface area contributed by atoms with Crippen LogP contribution in [0.25, 0.3) is 0 Å². The number of aryl methyl sites for hydroxylation is 1. The molecular weight excluding hydrogens is 212 g/mol. The van der Waals surface area contributed by atoms with Crippen LogP contribution in [0, 0.1) is 6.92 Å². The van der Waals surface area contributed by atoms with Crippen LogP contribution in [-0.4, -0.2) is 11.6 Å². The molecular formula is C12H15ClS. The summed E-state index contributed by atoms with van der Waals surface area (Å²) in [5.74, 6) is 2.74. The van der Waals surface area contributed by atoms with E-state index in [0.717, 1.165) is 11.5 Å². The van der Waals surface area contributed by atoms with E-state index in [2.05, 4.69) is 37.3 Å². The first kappa shape index (κ1) is 11.7. The molecule has 0 spiro atoms. The van der Waals surface area contributed by atoms with Gasteiger partial charge in [0.15, 0.2) is 0 Å². The summed E-state index contributed by atoms with van der Waals surface area (Å²) in [6.07, 6.45) is 4.11. The number of thioether (sulfide) groups is 1. The van der Waals surface area contributed by atoms with Crippen molar-refractivity contribution >= 4 is 23.4 Å².